The molecule has 8 nitrogen and oxygen atoms in total. The van der Waals surface area contributed by atoms with Crippen molar-refractivity contribution in [1.29, 1.82) is 0 Å². The Hall–Kier alpha value is -1.68. The van der Waals surface area contributed by atoms with Gasteiger partial charge in [0.15, 0.2) is 5.58 Å². The van der Waals surface area contributed by atoms with E-state index >= 15 is 0 Å². The molecular weight excluding hydrogens is 368 g/mol. The van der Waals surface area contributed by atoms with Gasteiger partial charge in [0.05, 0.1) is 5.52 Å². The third-order valence-electron chi connectivity index (χ3n) is 5.12. The number of piperazine rings is 1. The van der Waals surface area contributed by atoms with E-state index in [1.54, 1.807) is 14.9 Å². The zero-order valence-corrected chi connectivity index (χ0v) is 16.8. The lowest BCUT2D eigenvalue weighted by atomic mass is 10.3. The molecule has 1 fully saturated rings. The van der Waals surface area contributed by atoms with Gasteiger partial charge in [0, 0.05) is 45.8 Å². The molecule has 1 saturated heterocycles. The molecule has 0 radical (unpaired) electrons. The molecule has 1 aliphatic rings. The van der Waals surface area contributed by atoms with Crippen LogP contribution >= 0.6 is 0 Å². The first-order chi connectivity index (χ1) is 13.0. The first kappa shape index (κ1) is 20.1. The van der Waals surface area contributed by atoms with Crippen LogP contribution in [0.15, 0.2) is 33.5 Å². The van der Waals surface area contributed by atoms with Gasteiger partial charge < -0.3 is 9.32 Å². The Kier molecular flexibility index (Phi) is 6.36. The predicted octanol–water partition coefficient (Wildman–Crippen LogP) is 1.19. The average Bonchev–Trinajstić information content (AvgIpc) is 2.98. The van der Waals surface area contributed by atoms with Crippen LogP contribution in [0.4, 0.5) is 0 Å². The van der Waals surface area contributed by atoms with E-state index in [2.05, 4.69) is 4.90 Å². The maximum atomic E-state index is 12.6. The molecule has 0 bridgehead atoms. The van der Waals surface area contributed by atoms with Crippen molar-refractivity contribution in [3.63, 3.8) is 0 Å². The average molecular weight is 397 g/mol. The third-order valence-corrected chi connectivity index (χ3v) is 7.31. The number of nitrogens with zero attached hydrogens (tertiary/aromatic N) is 4. The van der Waals surface area contributed by atoms with Gasteiger partial charge in [-0.1, -0.05) is 26.0 Å². The first-order valence-electron chi connectivity index (χ1n) is 9.53. The summed E-state index contributed by atoms with van der Waals surface area (Å²) in [5.74, 6) is -0.327. The third kappa shape index (κ3) is 4.26. The summed E-state index contributed by atoms with van der Waals surface area (Å²) >= 11 is 0. The molecule has 2 heterocycles. The number of para-hydroxylation sites is 2. The van der Waals surface area contributed by atoms with Gasteiger partial charge in [-0.15, -0.1) is 0 Å². The molecule has 9 heteroatoms. The summed E-state index contributed by atoms with van der Waals surface area (Å²) in [5.41, 5.74) is 1.43. The minimum atomic E-state index is -3.35. The van der Waals surface area contributed by atoms with Crippen LogP contribution in [-0.4, -0.2) is 72.3 Å². The Balaban J connectivity index is 1.51. The van der Waals surface area contributed by atoms with Gasteiger partial charge >= 0.3 is 5.76 Å². The molecule has 0 saturated carbocycles. The molecule has 0 unspecified atom stereocenters. The van der Waals surface area contributed by atoms with E-state index < -0.39 is 10.2 Å². The van der Waals surface area contributed by atoms with Crippen molar-refractivity contribution >= 4 is 21.3 Å². The number of aryl methyl sites for hydroxylation is 1. The van der Waals surface area contributed by atoms with Crippen LogP contribution < -0.4 is 5.76 Å². The Morgan fingerprint density at radius 2 is 1.70 bits per heavy atom. The minimum absolute atomic E-state index is 0.327. The number of benzene rings is 1. The van der Waals surface area contributed by atoms with Gasteiger partial charge in [-0.2, -0.15) is 17.0 Å². The molecule has 1 aromatic carbocycles. The summed E-state index contributed by atoms with van der Waals surface area (Å²) in [6.45, 7) is 8.55. The van der Waals surface area contributed by atoms with Crippen molar-refractivity contribution in [1.82, 2.24) is 18.1 Å². The second kappa shape index (κ2) is 8.55. The highest BCUT2D eigenvalue weighted by Crippen LogP contribution is 2.14. The molecule has 150 valence electrons. The lowest BCUT2D eigenvalue weighted by molar-refractivity contribution is 0.178. The van der Waals surface area contributed by atoms with E-state index in [0.29, 0.717) is 51.4 Å². The zero-order valence-electron chi connectivity index (χ0n) is 16.0. The molecular formula is C18H28N4O4S. The highest BCUT2D eigenvalue weighted by molar-refractivity contribution is 7.86. The number of hydrogen-bond acceptors (Lipinski definition) is 5. The number of rotatable bonds is 8. The van der Waals surface area contributed by atoms with Gasteiger partial charge in [-0.3, -0.25) is 4.57 Å². The molecule has 1 aliphatic heterocycles. The van der Waals surface area contributed by atoms with Crippen molar-refractivity contribution < 1.29 is 12.8 Å². The number of hydrogen-bond donors (Lipinski definition) is 0. The summed E-state index contributed by atoms with van der Waals surface area (Å²) in [4.78, 5) is 14.3. The number of oxazole rings is 1. The van der Waals surface area contributed by atoms with E-state index in [4.69, 9.17) is 4.42 Å². The van der Waals surface area contributed by atoms with Crippen molar-refractivity contribution in [2.45, 2.75) is 26.8 Å². The van der Waals surface area contributed by atoms with E-state index in [1.165, 1.54) is 4.31 Å². The maximum Gasteiger partial charge on any atom is 0.419 e. The van der Waals surface area contributed by atoms with E-state index in [1.807, 2.05) is 32.0 Å². The fourth-order valence-corrected chi connectivity index (χ4v) is 5.18. The lowest BCUT2D eigenvalue weighted by Gasteiger charge is -2.36. The highest BCUT2D eigenvalue weighted by atomic mass is 32.2. The Labute approximate surface area is 160 Å². The number of aromatic nitrogens is 1. The molecule has 27 heavy (non-hydrogen) atoms. The second-order valence-electron chi connectivity index (χ2n) is 6.67. The zero-order chi connectivity index (χ0) is 19.4. The first-order valence-corrected chi connectivity index (χ1v) is 10.9. The number of fused-ring (bicyclic) bond motifs is 1. The largest absolute Gasteiger partial charge is 0.419 e. The highest BCUT2D eigenvalue weighted by Gasteiger charge is 2.30. The van der Waals surface area contributed by atoms with Crippen LogP contribution in [0.2, 0.25) is 0 Å². The predicted molar refractivity (Wildman–Crippen MR) is 105 cm³/mol. The molecule has 0 aliphatic carbocycles. The van der Waals surface area contributed by atoms with Gasteiger partial charge in [0.1, 0.15) is 0 Å². The molecule has 0 N–H and O–H groups in total. The molecule has 1 aromatic heterocycles. The quantitative estimate of drug-likeness (QED) is 0.670. The summed E-state index contributed by atoms with van der Waals surface area (Å²) in [6.07, 6.45) is 0.812. The van der Waals surface area contributed by atoms with Crippen LogP contribution in [-0.2, 0) is 16.8 Å². The fraction of sp³-hybridized carbons (Fsp3) is 0.611. The second-order valence-corrected chi connectivity index (χ2v) is 8.60. The Bertz CT molecular complexity index is 909. The van der Waals surface area contributed by atoms with Crippen LogP contribution in [0, 0.1) is 0 Å². The summed E-state index contributed by atoms with van der Waals surface area (Å²) in [7, 11) is -3.35. The maximum absolute atomic E-state index is 12.6. The smallest absolute Gasteiger partial charge is 0.408 e. The van der Waals surface area contributed by atoms with E-state index in [-0.39, 0.29) is 5.76 Å². The van der Waals surface area contributed by atoms with Crippen LogP contribution in [0.3, 0.4) is 0 Å². The summed E-state index contributed by atoms with van der Waals surface area (Å²) in [5, 5.41) is 0. The van der Waals surface area contributed by atoms with Crippen LogP contribution in [0.5, 0.6) is 0 Å². The SMILES string of the molecule is CCN(CC)S(=O)(=O)N1CCN(CCCn2c(=O)oc3ccccc32)CC1. The van der Waals surface area contributed by atoms with Gasteiger partial charge in [-0.05, 0) is 25.1 Å². The van der Waals surface area contributed by atoms with Crippen LogP contribution in [0.25, 0.3) is 11.1 Å². The molecule has 0 amide bonds. The normalized spacial score (nSPS) is 17.1. The summed E-state index contributed by atoms with van der Waals surface area (Å²) in [6, 6.07) is 7.42. The Morgan fingerprint density at radius 3 is 2.37 bits per heavy atom. The van der Waals surface area contributed by atoms with Crippen molar-refractivity contribution in [3.8, 4) is 0 Å². The minimum Gasteiger partial charge on any atom is -0.408 e. The van der Waals surface area contributed by atoms with Crippen molar-refractivity contribution in [3.05, 3.63) is 34.8 Å². The molecule has 3 rings (SSSR count). The molecule has 0 spiro atoms. The topological polar surface area (TPSA) is 79.0 Å². The fourth-order valence-electron chi connectivity index (χ4n) is 3.58. The van der Waals surface area contributed by atoms with Crippen molar-refractivity contribution in [2.24, 2.45) is 0 Å². The monoisotopic (exact) mass is 396 g/mol. The van der Waals surface area contributed by atoms with Crippen molar-refractivity contribution in [2.75, 3.05) is 45.8 Å². The van der Waals surface area contributed by atoms with Gasteiger partial charge in [-0.25, -0.2) is 4.79 Å². The van der Waals surface area contributed by atoms with Crippen LogP contribution in [0.1, 0.15) is 20.3 Å². The Morgan fingerprint density at radius 1 is 1.04 bits per heavy atom. The van der Waals surface area contributed by atoms with E-state index in [9.17, 15) is 13.2 Å². The van der Waals surface area contributed by atoms with Gasteiger partial charge in [0.25, 0.3) is 10.2 Å². The molecule has 0 atom stereocenters. The molecule has 2 aromatic rings. The summed E-state index contributed by atoms with van der Waals surface area (Å²) < 4.78 is 35.1. The standard InChI is InChI=1S/C18H28N4O4S/c1-3-20(4-2)27(24,25)21-14-12-19(13-15-21)10-7-11-22-16-8-5-6-9-17(16)26-18(22)23/h5-6,8-9H,3-4,7,10-15H2,1-2H3. The van der Waals surface area contributed by atoms with Gasteiger partial charge in [0.2, 0.25) is 0 Å². The lowest BCUT2D eigenvalue weighted by Crippen LogP contribution is -2.53. The van der Waals surface area contributed by atoms with E-state index in [0.717, 1.165) is 18.5 Å².